The van der Waals surface area contributed by atoms with Crippen LogP contribution in [0.5, 0.6) is 0 Å². The molecule has 0 saturated carbocycles. The minimum atomic E-state index is -1.34. The lowest BCUT2D eigenvalue weighted by molar-refractivity contribution is -0.128. The maximum atomic E-state index is 11.8. The minimum absolute atomic E-state index is 0.274. The molecule has 226 valence electrons. The van der Waals surface area contributed by atoms with E-state index in [1.807, 2.05) is 38.2 Å². The Balaban J connectivity index is 2.62. The first-order valence-electron chi connectivity index (χ1n) is 15.0. The maximum Gasteiger partial charge on any atom is 0.186 e. The molecule has 0 aliphatic heterocycles. The topological polar surface area (TPSA) is 37.3 Å². The van der Waals surface area contributed by atoms with Crippen LogP contribution in [0.2, 0.25) is 0 Å². The van der Waals surface area contributed by atoms with Crippen molar-refractivity contribution in [3.05, 3.63) is 142 Å². The van der Waals surface area contributed by atoms with Gasteiger partial charge in [0.1, 0.15) is 5.60 Å². The molecular weight excluding hydrogens is 512 g/mol. The van der Waals surface area contributed by atoms with Crippen molar-refractivity contribution in [3.63, 3.8) is 0 Å². The van der Waals surface area contributed by atoms with Crippen molar-refractivity contribution < 1.29 is 9.90 Å². The highest BCUT2D eigenvalue weighted by Crippen LogP contribution is 2.40. The van der Waals surface area contributed by atoms with E-state index in [9.17, 15) is 9.90 Å². The van der Waals surface area contributed by atoms with Crippen LogP contribution in [0.25, 0.3) is 0 Å². The number of carbonyl (C=O) groups excluding carboxylic acids is 1. The van der Waals surface area contributed by atoms with E-state index in [1.54, 1.807) is 6.08 Å². The second-order valence-electron chi connectivity index (χ2n) is 12.5. The average molecular weight is 567 g/mol. The zero-order chi connectivity index (χ0) is 31.8. The molecule has 0 fully saturated rings. The molecule has 0 aromatic heterocycles. The molecule has 1 N–H and O–H groups in total. The maximum absolute atomic E-state index is 11.8. The van der Waals surface area contributed by atoms with Crippen LogP contribution in [-0.2, 0) is 4.79 Å². The Morgan fingerprint density at radius 1 is 0.667 bits per heavy atom. The first-order valence-corrected chi connectivity index (χ1v) is 15.0. The second-order valence-corrected chi connectivity index (χ2v) is 12.5. The first-order chi connectivity index (χ1) is 19.6. The molecule has 42 heavy (non-hydrogen) atoms. The van der Waals surface area contributed by atoms with Crippen molar-refractivity contribution in [2.45, 2.75) is 94.1 Å². The SMILES string of the molecule is CC(C=CC=C(C)C=CC=C(C)C=CC(=O)C(C)(C)O)=CC=CC=C(C)C=CC=C(C)C=CC1=C(C)CCCC1(C)C. The third-order valence-corrected chi connectivity index (χ3v) is 7.14. The minimum Gasteiger partial charge on any atom is -0.382 e. The van der Waals surface area contributed by atoms with Crippen molar-refractivity contribution in [1.82, 2.24) is 0 Å². The fraction of sp³-hybridized carbons (Fsp3) is 0.375. The molecular formula is C40H54O2. The predicted molar refractivity (Wildman–Crippen MR) is 185 cm³/mol. The molecule has 0 radical (unpaired) electrons. The number of carbonyl (C=O) groups is 1. The summed E-state index contributed by atoms with van der Waals surface area (Å²) in [4.78, 5) is 11.8. The van der Waals surface area contributed by atoms with Crippen molar-refractivity contribution in [2.75, 3.05) is 0 Å². The summed E-state index contributed by atoms with van der Waals surface area (Å²) in [5.41, 5.74) is 7.62. The van der Waals surface area contributed by atoms with Crippen LogP contribution >= 0.6 is 0 Å². The summed E-state index contributed by atoms with van der Waals surface area (Å²) in [6.45, 7) is 20.3. The second kappa shape index (κ2) is 18.1. The van der Waals surface area contributed by atoms with Crippen LogP contribution < -0.4 is 0 Å². The van der Waals surface area contributed by atoms with Crippen molar-refractivity contribution in [3.8, 4) is 0 Å². The molecule has 0 amide bonds. The van der Waals surface area contributed by atoms with Gasteiger partial charge in [-0.2, -0.15) is 0 Å². The monoisotopic (exact) mass is 566 g/mol. The molecule has 0 unspecified atom stereocenters. The number of rotatable bonds is 13. The molecule has 2 heteroatoms. The quantitative estimate of drug-likeness (QED) is 0.178. The lowest BCUT2D eigenvalue weighted by Crippen LogP contribution is -2.29. The van der Waals surface area contributed by atoms with Gasteiger partial charge in [-0.05, 0) is 91.7 Å². The lowest BCUT2D eigenvalue weighted by Gasteiger charge is -2.32. The summed E-state index contributed by atoms with van der Waals surface area (Å²) in [6, 6.07) is 0. The lowest BCUT2D eigenvalue weighted by atomic mass is 9.72. The molecule has 0 saturated heterocycles. The zero-order valence-corrected chi connectivity index (χ0v) is 27.8. The van der Waals surface area contributed by atoms with Gasteiger partial charge in [0, 0.05) is 0 Å². The molecule has 1 aliphatic rings. The summed E-state index contributed by atoms with van der Waals surface area (Å²) in [6.07, 6.45) is 38.3. The standard InChI is InChI=1S/C40H54O2/c1-31(19-13-21-33(3)22-15-24-35(5)27-29-38(41)40(9,10)42)17-11-12-18-32(2)20-14-23-34(4)26-28-37-36(6)25-16-30-39(37,7)8/h11-15,17-24,26-29,42H,16,25,30H2,1-10H3. The molecule has 2 nitrogen and oxygen atoms in total. The Bertz CT molecular complexity index is 1290. The van der Waals surface area contributed by atoms with Gasteiger partial charge in [0.05, 0.1) is 0 Å². The number of aliphatic hydroxyl groups is 1. The number of allylic oxidation sites excluding steroid dienone is 23. The van der Waals surface area contributed by atoms with Gasteiger partial charge >= 0.3 is 0 Å². The van der Waals surface area contributed by atoms with Gasteiger partial charge in [-0.3, -0.25) is 4.79 Å². The van der Waals surface area contributed by atoms with E-state index in [0.29, 0.717) is 0 Å². The molecule has 0 heterocycles. The van der Waals surface area contributed by atoms with E-state index in [1.165, 1.54) is 61.5 Å². The Kier molecular flexibility index (Phi) is 15.8. The van der Waals surface area contributed by atoms with Crippen molar-refractivity contribution in [1.29, 1.82) is 0 Å². The molecule has 0 aromatic carbocycles. The summed E-state index contributed by atoms with van der Waals surface area (Å²) in [5, 5.41) is 9.69. The molecule has 1 rings (SSSR count). The zero-order valence-electron chi connectivity index (χ0n) is 27.8. The number of hydrogen-bond donors (Lipinski definition) is 1. The highest BCUT2D eigenvalue weighted by molar-refractivity contribution is 5.96. The smallest absolute Gasteiger partial charge is 0.186 e. The van der Waals surface area contributed by atoms with E-state index >= 15 is 0 Å². The van der Waals surface area contributed by atoms with Crippen molar-refractivity contribution in [2.24, 2.45) is 5.41 Å². The fourth-order valence-corrected chi connectivity index (χ4v) is 4.38. The average Bonchev–Trinajstić information content (AvgIpc) is 2.88. The molecule has 1 aliphatic carbocycles. The van der Waals surface area contributed by atoms with Crippen LogP contribution in [0, 0.1) is 5.41 Å². The summed E-state index contributed by atoms with van der Waals surface area (Å²) >= 11 is 0. The molecule has 0 spiro atoms. The Morgan fingerprint density at radius 2 is 1.07 bits per heavy atom. The first kappa shape index (κ1) is 36.5. The summed E-state index contributed by atoms with van der Waals surface area (Å²) in [7, 11) is 0. The van der Waals surface area contributed by atoms with Gasteiger partial charge in [-0.25, -0.2) is 0 Å². The number of ketones is 1. The van der Waals surface area contributed by atoms with Crippen LogP contribution in [0.4, 0.5) is 0 Å². The molecule has 0 bridgehead atoms. The largest absolute Gasteiger partial charge is 0.382 e. The Hall–Kier alpha value is -3.49. The highest BCUT2D eigenvalue weighted by atomic mass is 16.3. The van der Waals surface area contributed by atoms with Crippen LogP contribution in [-0.4, -0.2) is 16.5 Å². The fourth-order valence-electron chi connectivity index (χ4n) is 4.38. The van der Waals surface area contributed by atoms with E-state index < -0.39 is 5.60 Å². The normalized spacial score (nSPS) is 18.9. The van der Waals surface area contributed by atoms with Gasteiger partial charge in [-0.15, -0.1) is 0 Å². The van der Waals surface area contributed by atoms with E-state index in [2.05, 4.69) is 108 Å². The molecule has 0 aromatic rings. The summed E-state index contributed by atoms with van der Waals surface area (Å²) in [5.74, 6) is -0.310. The van der Waals surface area contributed by atoms with E-state index in [4.69, 9.17) is 0 Å². The highest BCUT2D eigenvalue weighted by Gasteiger charge is 2.26. The van der Waals surface area contributed by atoms with Gasteiger partial charge < -0.3 is 5.11 Å². The Morgan fingerprint density at radius 3 is 1.50 bits per heavy atom. The molecule has 0 atom stereocenters. The van der Waals surface area contributed by atoms with Crippen LogP contribution in [0.3, 0.4) is 0 Å². The third-order valence-electron chi connectivity index (χ3n) is 7.14. The van der Waals surface area contributed by atoms with Gasteiger partial charge in [0.25, 0.3) is 0 Å². The summed E-state index contributed by atoms with van der Waals surface area (Å²) < 4.78 is 0. The van der Waals surface area contributed by atoms with Gasteiger partial charge in [0.2, 0.25) is 0 Å². The van der Waals surface area contributed by atoms with E-state index in [-0.39, 0.29) is 11.2 Å². The van der Waals surface area contributed by atoms with E-state index in [0.717, 1.165) is 16.7 Å². The predicted octanol–water partition coefficient (Wildman–Crippen LogP) is 10.9. The van der Waals surface area contributed by atoms with Crippen LogP contribution in [0.15, 0.2) is 142 Å². The van der Waals surface area contributed by atoms with Gasteiger partial charge in [-0.1, -0.05) is 145 Å². The van der Waals surface area contributed by atoms with Crippen LogP contribution in [0.1, 0.15) is 88.5 Å². The van der Waals surface area contributed by atoms with Gasteiger partial charge in [0.15, 0.2) is 5.78 Å². The third kappa shape index (κ3) is 15.5. The van der Waals surface area contributed by atoms with Crippen molar-refractivity contribution >= 4 is 5.78 Å². The Labute approximate surface area is 257 Å². The number of hydrogen-bond acceptors (Lipinski definition) is 2.